The van der Waals surface area contributed by atoms with Gasteiger partial charge in [0.2, 0.25) is 0 Å². The van der Waals surface area contributed by atoms with Crippen LogP contribution in [0.5, 0.6) is 0 Å². The Morgan fingerprint density at radius 2 is 1.33 bits per heavy atom. The molecule has 0 fully saturated rings. The lowest BCUT2D eigenvalue weighted by molar-refractivity contribution is 0.632. The summed E-state index contributed by atoms with van der Waals surface area (Å²) in [5.74, 6) is 0. The van der Waals surface area contributed by atoms with Gasteiger partial charge in [-0.3, -0.25) is 0 Å². The number of para-hydroxylation sites is 2. The molecule has 2 nitrogen and oxygen atoms in total. The first kappa shape index (κ1) is 17.6. The molecule has 1 aliphatic heterocycles. The molecule has 6 rings (SSSR count). The summed E-state index contributed by atoms with van der Waals surface area (Å²) >= 11 is 6.23. The normalized spacial score (nSPS) is 14.7. The zero-order valence-electron chi connectivity index (χ0n) is 16.8. The Morgan fingerprint density at radius 3 is 2.03 bits per heavy atom. The molecule has 0 radical (unpaired) electrons. The SMILES string of the molecule is CC1(C)c2ccccc2N(c2cccc3oc4cc(Cl)ccc4c23)c2ccccc21. The van der Waals surface area contributed by atoms with Crippen molar-refractivity contribution in [2.75, 3.05) is 4.90 Å². The molecule has 0 aliphatic carbocycles. The van der Waals surface area contributed by atoms with Crippen LogP contribution < -0.4 is 4.90 Å². The van der Waals surface area contributed by atoms with Crippen LogP contribution in [-0.2, 0) is 5.41 Å². The van der Waals surface area contributed by atoms with Crippen LogP contribution in [0.4, 0.5) is 17.1 Å². The first-order valence-electron chi connectivity index (χ1n) is 10.2. The molecule has 0 saturated carbocycles. The number of halogens is 1. The maximum atomic E-state index is 6.23. The quantitative estimate of drug-likeness (QED) is 0.276. The molecule has 30 heavy (non-hydrogen) atoms. The van der Waals surface area contributed by atoms with E-state index in [0.29, 0.717) is 5.02 Å². The van der Waals surface area contributed by atoms with Crippen molar-refractivity contribution in [3.8, 4) is 0 Å². The van der Waals surface area contributed by atoms with Crippen molar-refractivity contribution in [3.05, 3.63) is 101 Å². The molecule has 0 amide bonds. The summed E-state index contributed by atoms with van der Waals surface area (Å²) in [4.78, 5) is 2.38. The maximum Gasteiger partial charge on any atom is 0.137 e. The fourth-order valence-electron chi connectivity index (χ4n) is 4.90. The van der Waals surface area contributed by atoms with Crippen molar-refractivity contribution in [2.24, 2.45) is 0 Å². The summed E-state index contributed by atoms with van der Waals surface area (Å²) < 4.78 is 6.17. The van der Waals surface area contributed by atoms with Crippen LogP contribution >= 0.6 is 11.6 Å². The number of rotatable bonds is 1. The monoisotopic (exact) mass is 409 g/mol. The molecule has 0 bridgehead atoms. The first-order valence-corrected chi connectivity index (χ1v) is 10.5. The lowest BCUT2D eigenvalue weighted by Gasteiger charge is -2.42. The number of hydrogen-bond acceptors (Lipinski definition) is 2. The smallest absolute Gasteiger partial charge is 0.137 e. The Kier molecular flexibility index (Phi) is 3.60. The van der Waals surface area contributed by atoms with E-state index in [9.17, 15) is 0 Å². The van der Waals surface area contributed by atoms with Crippen LogP contribution in [0, 0.1) is 0 Å². The minimum atomic E-state index is -0.0798. The zero-order chi connectivity index (χ0) is 20.5. The van der Waals surface area contributed by atoms with Gasteiger partial charge in [-0.2, -0.15) is 0 Å². The van der Waals surface area contributed by atoms with Crippen molar-refractivity contribution in [1.82, 2.24) is 0 Å². The number of benzene rings is 4. The van der Waals surface area contributed by atoms with Crippen LogP contribution in [0.3, 0.4) is 0 Å². The van der Waals surface area contributed by atoms with Crippen molar-refractivity contribution in [2.45, 2.75) is 19.3 Å². The van der Waals surface area contributed by atoms with E-state index in [0.717, 1.165) is 27.6 Å². The van der Waals surface area contributed by atoms with Crippen LogP contribution in [-0.4, -0.2) is 0 Å². The van der Waals surface area contributed by atoms with Gasteiger partial charge in [0, 0.05) is 21.9 Å². The van der Waals surface area contributed by atoms with Gasteiger partial charge < -0.3 is 9.32 Å². The largest absolute Gasteiger partial charge is 0.456 e. The molecule has 146 valence electrons. The van der Waals surface area contributed by atoms with E-state index in [2.05, 4.69) is 85.5 Å². The van der Waals surface area contributed by atoms with Crippen LogP contribution in [0.25, 0.3) is 21.9 Å². The van der Waals surface area contributed by atoms with Gasteiger partial charge in [-0.05, 0) is 47.5 Å². The van der Waals surface area contributed by atoms with Gasteiger partial charge in [-0.1, -0.05) is 67.9 Å². The van der Waals surface area contributed by atoms with Gasteiger partial charge in [0.05, 0.1) is 22.4 Å². The van der Waals surface area contributed by atoms with Crippen LogP contribution in [0.2, 0.25) is 5.02 Å². The molecule has 0 saturated heterocycles. The van der Waals surface area contributed by atoms with E-state index in [1.54, 1.807) is 0 Å². The predicted molar refractivity (Wildman–Crippen MR) is 126 cm³/mol. The zero-order valence-corrected chi connectivity index (χ0v) is 17.6. The van der Waals surface area contributed by atoms with Crippen molar-refractivity contribution in [1.29, 1.82) is 0 Å². The molecule has 1 aliphatic rings. The Bertz CT molecular complexity index is 1400. The molecule has 3 heteroatoms. The van der Waals surface area contributed by atoms with Crippen molar-refractivity contribution >= 4 is 50.6 Å². The molecule has 2 heterocycles. The second-order valence-electron chi connectivity index (χ2n) is 8.39. The molecule has 4 aromatic carbocycles. The Labute approximate surface area is 180 Å². The number of fused-ring (bicyclic) bond motifs is 5. The number of furan rings is 1. The minimum absolute atomic E-state index is 0.0798. The average molecular weight is 410 g/mol. The van der Waals surface area contributed by atoms with Gasteiger partial charge in [0.15, 0.2) is 0 Å². The Hall–Kier alpha value is -3.23. The van der Waals surface area contributed by atoms with Gasteiger partial charge in [0.25, 0.3) is 0 Å². The summed E-state index contributed by atoms with van der Waals surface area (Å²) in [7, 11) is 0. The number of nitrogens with zero attached hydrogens (tertiary/aromatic N) is 1. The summed E-state index contributed by atoms with van der Waals surface area (Å²) in [6.07, 6.45) is 0. The lowest BCUT2D eigenvalue weighted by atomic mass is 9.73. The summed E-state index contributed by atoms with van der Waals surface area (Å²) in [5.41, 5.74) is 7.75. The second-order valence-corrected chi connectivity index (χ2v) is 8.82. The third-order valence-electron chi connectivity index (χ3n) is 6.31. The Balaban J connectivity index is 1.74. The van der Waals surface area contributed by atoms with Gasteiger partial charge in [-0.25, -0.2) is 0 Å². The summed E-state index contributed by atoms with van der Waals surface area (Å²) in [5, 5.41) is 2.86. The fourth-order valence-corrected chi connectivity index (χ4v) is 5.06. The van der Waals surface area contributed by atoms with Crippen LogP contribution in [0.15, 0.2) is 89.3 Å². The van der Waals surface area contributed by atoms with E-state index in [1.807, 2.05) is 18.2 Å². The first-order chi connectivity index (χ1) is 14.6. The van der Waals surface area contributed by atoms with E-state index >= 15 is 0 Å². The van der Waals surface area contributed by atoms with E-state index in [4.69, 9.17) is 16.0 Å². The van der Waals surface area contributed by atoms with E-state index in [1.165, 1.54) is 22.5 Å². The highest BCUT2D eigenvalue weighted by molar-refractivity contribution is 6.31. The summed E-state index contributed by atoms with van der Waals surface area (Å²) in [6.45, 7) is 4.61. The molecule has 0 spiro atoms. The molecule has 5 aromatic rings. The van der Waals surface area contributed by atoms with E-state index in [-0.39, 0.29) is 5.41 Å². The molecule has 0 unspecified atom stereocenters. The Morgan fingerprint density at radius 1 is 0.700 bits per heavy atom. The number of hydrogen-bond donors (Lipinski definition) is 0. The summed E-state index contributed by atoms with van der Waals surface area (Å²) in [6, 6.07) is 29.5. The second kappa shape index (κ2) is 6.13. The highest BCUT2D eigenvalue weighted by Crippen LogP contribution is 2.53. The standard InChI is InChI=1S/C27H20ClNO/c1-27(2)19-8-3-5-10-21(19)29(22-11-6-4-9-20(22)27)23-12-7-13-24-26(23)18-15-14-17(28)16-25(18)30-24/h3-16H,1-2H3. The highest BCUT2D eigenvalue weighted by Gasteiger charge is 2.37. The number of anilines is 3. The molecular formula is C27H20ClNO. The third-order valence-corrected chi connectivity index (χ3v) is 6.55. The lowest BCUT2D eigenvalue weighted by Crippen LogP contribution is -2.30. The minimum Gasteiger partial charge on any atom is -0.456 e. The maximum absolute atomic E-state index is 6.23. The van der Waals surface area contributed by atoms with Crippen molar-refractivity contribution < 1.29 is 4.42 Å². The average Bonchev–Trinajstić information content (AvgIpc) is 3.12. The topological polar surface area (TPSA) is 16.4 Å². The van der Waals surface area contributed by atoms with Gasteiger partial charge in [0.1, 0.15) is 11.2 Å². The van der Waals surface area contributed by atoms with E-state index < -0.39 is 0 Å². The predicted octanol–water partition coefficient (Wildman–Crippen LogP) is 8.35. The van der Waals surface area contributed by atoms with Gasteiger partial charge in [-0.15, -0.1) is 0 Å². The molecular weight excluding hydrogens is 390 g/mol. The third kappa shape index (κ3) is 2.31. The molecule has 0 atom stereocenters. The molecule has 0 N–H and O–H groups in total. The molecule has 1 aromatic heterocycles. The fraction of sp³-hybridized carbons (Fsp3) is 0.111. The highest BCUT2D eigenvalue weighted by atomic mass is 35.5. The van der Waals surface area contributed by atoms with Crippen molar-refractivity contribution in [3.63, 3.8) is 0 Å². The van der Waals surface area contributed by atoms with Gasteiger partial charge >= 0.3 is 0 Å². The van der Waals surface area contributed by atoms with Crippen LogP contribution in [0.1, 0.15) is 25.0 Å².